The summed E-state index contributed by atoms with van der Waals surface area (Å²) in [4.78, 5) is 0. The smallest absolute Gasteiger partial charge is 0.0826 e. The molecule has 0 heterocycles. The molecule has 0 rings (SSSR count). The van der Waals surface area contributed by atoms with Crippen LogP contribution < -0.4 is 5.73 Å². The molecule has 0 saturated carbocycles. The number of ether oxygens (including phenoxy) is 1. The molecule has 0 aliphatic heterocycles. The van der Waals surface area contributed by atoms with E-state index in [1.807, 2.05) is 0 Å². The van der Waals surface area contributed by atoms with Crippen LogP contribution in [0.25, 0.3) is 0 Å². The number of hydrogen-bond donors (Lipinski definition) is 1. The molecule has 4 atom stereocenters. The topological polar surface area (TPSA) is 35.2 Å². The largest absolute Gasteiger partial charge is 0.377 e. The molecule has 0 aliphatic carbocycles. The van der Waals surface area contributed by atoms with Crippen LogP contribution in [0.5, 0.6) is 0 Å². The highest BCUT2D eigenvalue weighted by molar-refractivity contribution is 4.91. The van der Waals surface area contributed by atoms with Crippen molar-refractivity contribution in [1.29, 1.82) is 0 Å². The molecule has 0 aromatic carbocycles. The zero-order chi connectivity index (χ0) is 12.1. The molecule has 2 nitrogen and oxygen atoms in total. The minimum Gasteiger partial charge on any atom is -0.377 e. The van der Waals surface area contributed by atoms with E-state index in [9.17, 15) is 0 Å². The molecule has 0 fully saturated rings. The fourth-order valence-corrected chi connectivity index (χ4v) is 2.13. The van der Waals surface area contributed by atoms with Gasteiger partial charge in [0.25, 0.3) is 0 Å². The third-order valence-electron chi connectivity index (χ3n) is 4.05. The van der Waals surface area contributed by atoms with Crippen molar-refractivity contribution >= 4 is 0 Å². The van der Waals surface area contributed by atoms with E-state index in [0.717, 1.165) is 12.3 Å². The third-order valence-corrected chi connectivity index (χ3v) is 4.05. The SMILES string of the molecule is CCC(C)CC(C)C(C)(OC)C(N)CC. The zero-order valence-electron chi connectivity index (χ0n) is 11.3. The molecule has 0 aliphatic rings. The second kappa shape index (κ2) is 6.49. The minimum absolute atomic E-state index is 0.126. The molecule has 4 unspecified atom stereocenters. The maximum absolute atomic E-state index is 6.16. The molecule has 0 bridgehead atoms. The van der Waals surface area contributed by atoms with Gasteiger partial charge in [0, 0.05) is 13.2 Å². The zero-order valence-corrected chi connectivity index (χ0v) is 11.3. The maximum atomic E-state index is 6.16. The third kappa shape index (κ3) is 3.76. The Morgan fingerprint density at radius 2 is 1.73 bits per heavy atom. The normalized spacial score (nSPS) is 21.8. The van der Waals surface area contributed by atoms with Crippen LogP contribution in [0, 0.1) is 11.8 Å². The van der Waals surface area contributed by atoms with Gasteiger partial charge in [0.05, 0.1) is 5.60 Å². The molecule has 0 spiro atoms. The average molecular weight is 215 g/mol. The summed E-state index contributed by atoms with van der Waals surface area (Å²) in [5.41, 5.74) is 5.97. The first-order valence-electron chi connectivity index (χ1n) is 6.22. The molecule has 0 aromatic heterocycles. The van der Waals surface area contributed by atoms with Gasteiger partial charge in [0.1, 0.15) is 0 Å². The van der Waals surface area contributed by atoms with E-state index >= 15 is 0 Å². The lowest BCUT2D eigenvalue weighted by Gasteiger charge is -2.40. The summed E-state index contributed by atoms with van der Waals surface area (Å²) in [7, 11) is 1.78. The highest BCUT2D eigenvalue weighted by Crippen LogP contribution is 2.31. The van der Waals surface area contributed by atoms with Crippen LogP contribution in [-0.2, 0) is 4.74 Å². The van der Waals surface area contributed by atoms with Gasteiger partial charge in [-0.3, -0.25) is 0 Å². The number of nitrogens with two attached hydrogens (primary N) is 1. The Morgan fingerprint density at radius 1 is 1.20 bits per heavy atom. The summed E-state index contributed by atoms with van der Waals surface area (Å²) >= 11 is 0. The van der Waals surface area contributed by atoms with Crippen LogP contribution in [0.4, 0.5) is 0 Å². The van der Waals surface area contributed by atoms with Gasteiger partial charge in [-0.05, 0) is 31.6 Å². The van der Waals surface area contributed by atoms with Gasteiger partial charge in [0.2, 0.25) is 0 Å². The summed E-state index contributed by atoms with van der Waals surface area (Å²) in [6.45, 7) is 11.1. The Hall–Kier alpha value is -0.0800. The fourth-order valence-electron chi connectivity index (χ4n) is 2.13. The standard InChI is InChI=1S/C13H29NO/c1-7-10(3)9-11(4)13(5,15-6)12(14)8-2/h10-12H,7-9,14H2,1-6H3. The minimum atomic E-state index is -0.182. The monoisotopic (exact) mass is 215 g/mol. The van der Waals surface area contributed by atoms with Crippen LogP contribution in [0.3, 0.4) is 0 Å². The Labute approximate surface area is 95.6 Å². The molecule has 2 heteroatoms. The van der Waals surface area contributed by atoms with Crippen molar-refractivity contribution in [3.63, 3.8) is 0 Å². The summed E-state index contributed by atoms with van der Waals surface area (Å²) in [6, 6.07) is 0.126. The van der Waals surface area contributed by atoms with Crippen molar-refractivity contribution in [3.05, 3.63) is 0 Å². The van der Waals surface area contributed by atoms with Crippen molar-refractivity contribution in [3.8, 4) is 0 Å². The van der Waals surface area contributed by atoms with Crippen molar-refractivity contribution in [1.82, 2.24) is 0 Å². The molecular formula is C13H29NO. The predicted octanol–water partition coefficient (Wildman–Crippen LogP) is 3.20. The van der Waals surface area contributed by atoms with Crippen LogP contribution in [0.1, 0.15) is 53.9 Å². The van der Waals surface area contributed by atoms with Gasteiger partial charge < -0.3 is 10.5 Å². The highest BCUT2D eigenvalue weighted by Gasteiger charge is 2.36. The van der Waals surface area contributed by atoms with Crippen molar-refractivity contribution in [2.24, 2.45) is 17.6 Å². The first-order valence-corrected chi connectivity index (χ1v) is 6.22. The first kappa shape index (κ1) is 14.9. The molecular weight excluding hydrogens is 186 g/mol. The van der Waals surface area contributed by atoms with Crippen LogP contribution in [-0.4, -0.2) is 18.8 Å². The molecule has 0 radical (unpaired) electrons. The number of hydrogen-bond acceptors (Lipinski definition) is 2. The van der Waals surface area contributed by atoms with Crippen LogP contribution in [0.2, 0.25) is 0 Å². The Balaban J connectivity index is 4.50. The van der Waals surface area contributed by atoms with E-state index in [2.05, 4.69) is 34.6 Å². The van der Waals surface area contributed by atoms with Gasteiger partial charge in [-0.2, -0.15) is 0 Å². The lowest BCUT2D eigenvalue weighted by Crippen LogP contribution is -2.51. The van der Waals surface area contributed by atoms with Gasteiger partial charge >= 0.3 is 0 Å². The first-order chi connectivity index (χ1) is 6.92. The van der Waals surface area contributed by atoms with Crippen molar-refractivity contribution in [2.75, 3.05) is 7.11 Å². The lowest BCUT2D eigenvalue weighted by molar-refractivity contribution is -0.0641. The highest BCUT2D eigenvalue weighted by atomic mass is 16.5. The number of rotatable bonds is 7. The van der Waals surface area contributed by atoms with E-state index in [1.165, 1.54) is 12.8 Å². The average Bonchev–Trinajstić information content (AvgIpc) is 2.26. The molecule has 0 saturated heterocycles. The van der Waals surface area contributed by atoms with Crippen molar-refractivity contribution < 1.29 is 4.74 Å². The lowest BCUT2D eigenvalue weighted by atomic mass is 9.78. The van der Waals surface area contributed by atoms with Crippen molar-refractivity contribution in [2.45, 2.75) is 65.5 Å². The van der Waals surface area contributed by atoms with E-state index < -0.39 is 0 Å². The molecule has 2 N–H and O–H groups in total. The van der Waals surface area contributed by atoms with E-state index in [-0.39, 0.29) is 11.6 Å². The quantitative estimate of drug-likeness (QED) is 0.708. The molecule has 92 valence electrons. The Bertz CT molecular complexity index is 172. The Morgan fingerprint density at radius 3 is 2.07 bits per heavy atom. The van der Waals surface area contributed by atoms with Gasteiger partial charge in [-0.15, -0.1) is 0 Å². The summed E-state index contributed by atoms with van der Waals surface area (Å²) in [6.07, 6.45) is 3.38. The van der Waals surface area contributed by atoms with Gasteiger partial charge in [-0.1, -0.05) is 34.1 Å². The fraction of sp³-hybridized carbons (Fsp3) is 1.00. The second-order valence-corrected chi connectivity index (χ2v) is 5.05. The Kier molecular flexibility index (Phi) is 6.46. The summed E-state index contributed by atoms with van der Waals surface area (Å²) in [5, 5.41) is 0. The number of methoxy groups -OCH3 is 1. The van der Waals surface area contributed by atoms with E-state index in [0.29, 0.717) is 5.92 Å². The van der Waals surface area contributed by atoms with E-state index in [1.54, 1.807) is 7.11 Å². The van der Waals surface area contributed by atoms with Crippen LogP contribution >= 0.6 is 0 Å². The second-order valence-electron chi connectivity index (χ2n) is 5.05. The summed E-state index contributed by atoms with van der Waals surface area (Å²) in [5.74, 6) is 1.26. The molecule has 0 aromatic rings. The van der Waals surface area contributed by atoms with Gasteiger partial charge in [0.15, 0.2) is 0 Å². The summed E-state index contributed by atoms with van der Waals surface area (Å²) < 4.78 is 5.67. The maximum Gasteiger partial charge on any atom is 0.0826 e. The van der Waals surface area contributed by atoms with E-state index in [4.69, 9.17) is 10.5 Å². The predicted molar refractivity (Wildman–Crippen MR) is 66.9 cm³/mol. The van der Waals surface area contributed by atoms with Crippen LogP contribution in [0.15, 0.2) is 0 Å². The molecule has 0 amide bonds. The van der Waals surface area contributed by atoms with Gasteiger partial charge in [-0.25, -0.2) is 0 Å². The molecule has 15 heavy (non-hydrogen) atoms.